The number of nitrogens with one attached hydrogen (secondary N) is 1. The summed E-state index contributed by atoms with van der Waals surface area (Å²) in [5.41, 5.74) is 1.64. The number of aryl methyl sites for hydroxylation is 1. The number of hydrogen-bond acceptors (Lipinski definition) is 4. The maximum absolute atomic E-state index is 12.0. The predicted octanol–water partition coefficient (Wildman–Crippen LogP) is 0.760. The molecule has 1 aliphatic rings. The Bertz CT molecular complexity index is 683. The molecule has 1 unspecified atom stereocenters. The first-order valence-corrected chi connectivity index (χ1v) is 9.43. The van der Waals surface area contributed by atoms with Gasteiger partial charge in [0.25, 0.3) is 5.91 Å². The lowest BCUT2D eigenvalue weighted by atomic mass is 10.1. The van der Waals surface area contributed by atoms with E-state index in [9.17, 15) is 18.0 Å². The minimum Gasteiger partial charge on any atom is -0.350 e. The lowest BCUT2D eigenvalue weighted by molar-refractivity contribution is -0.130. The number of nitrogens with zero attached hydrogens (tertiary/aromatic N) is 1. The van der Waals surface area contributed by atoms with Crippen molar-refractivity contribution in [2.75, 3.05) is 24.6 Å². The third-order valence-electron chi connectivity index (χ3n) is 4.01. The standard InChI is InChI=1S/C16H22N2O4S/c1-12-3-5-14(6-4-12)16(20)17-8-9-18(13(2)19)15-7-10-23(21,22)11-15/h3-6,15H,7-11H2,1-2H3,(H,17,20). The maximum Gasteiger partial charge on any atom is 0.251 e. The molecule has 2 amide bonds. The van der Waals surface area contributed by atoms with Crippen molar-refractivity contribution >= 4 is 21.7 Å². The normalized spacial score (nSPS) is 19.3. The number of carbonyl (C=O) groups excluding carboxylic acids is 2. The van der Waals surface area contributed by atoms with Gasteiger partial charge in [0.05, 0.1) is 11.5 Å². The van der Waals surface area contributed by atoms with E-state index in [4.69, 9.17) is 0 Å². The minimum atomic E-state index is -3.04. The zero-order valence-electron chi connectivity index (χ0n) is 13.4. The molecule has 1 aliphatic heterocycles. The zero-order chi connectivity index (χ0) is 17.0. The lowest BCUT2D eigenvalue weighted by Crippen LogP contribution is -2.44. The van der Waals surface area contributed by atoms with Crippen molar-refractivity contribution < 1.29 is 18.0 Å². The molecule has 23 heavy (non-hydrogen) atoms. The number of rotatable bonds is 5. The van der Waals surface area contributed by atoms with Crippen LogP contribution in [0.2, 0.25) is 0 Å². The monoisotopic (exact) mass is 338 g/mol. The van der Waals surface area contributed by atoms with Crippen LogP contribution in [0.3, 0.4) is 0 Å². The molecule has 0 aliphatic carbocycles. The van der Waals surface area contributed by atoms with Crippen molar-refractivity contribution in [1.29, 1.82) is 0 Å². The van der Waals surface area contributed by atoms with Crippen molar-refractivity contribution in [3.05, 3.63) is 35.4 Å². The number of amides is 2. The molecule has 2 rings (SSSR count). The van der Waals surface area contributed by atoms with Gasteiger partial charge in [0, 0.05) is 31.6 Å². The second kappa shape index (κ2) is 7.12. The van der Waals surface area contributed by atoms with Crippen LogP contribution in [0.5, 0.6) is 0 Å². The Balaban J connectivity index is 1.88. The van der Waals surface area contributed by atoms with Crippen molar-refractivity contribution in [3.8, 4) is 0 Å². The summed E-state index contributed by atoms with van der Waals surface area (Å²) < 4.78 is 23.1. The van der Waals surface area contributed by atoms with Crippen LogP contribution in [0, 0.1) is 6.92 Å². The van der Waals surface area contributed by atoms with E-state index in [0.29, 0.717) is 25.1 Å². The average molecular weight is 338 g/mol. The van der Waals surface area contributed by atoms with Gasteiger partial charge in [0.15, 0.2) is 9.84 Å². The smallest absolute Gasteiger partial charge is 0.251 e. The van der Waals surface area contributed by atoms with Crippen molar-refractivity contribution in [3.63, 3.8) is 0 Å². The Labute approximate surface area is 136 Å². The molecule has 1 aromatic carbocycles. The first-order valence-electron chi connectivity index (χ1n) is 7.61. The van der Waals surface area contributed by atoms with Gasteiger partial charge in [-0.2, -0.15) is 0 Å². The van der Waals surface area contributed by atoms with E-state index in [2.05, 4.69) is 5.32 Å². The summed E-state index contributed by atoms with van der Waals surface area (Å²) in [6, 6.07) is 6.93. The topological polar surface area (TPSA) is 83.6 Å². The largest absolute Gasteiger partial charge is 0.350 e. The van der Waals surface area contributed by atoms with E-state index in [1.807, 2.05) is 19.1 Å². The van der Waals surface area contributed by atoms with Gasteiger partial charge in [-0.05, 0) is 25.5 Å². The predicted molar refractivity (Wildman–Crippen MR) is 88.0 cm³/mol. The molecule has 0 radical (unpaired) electrons. The highest BCUT2D eigenvalue weighted by Gasteiger charge is 2.33. The van der Waals surface area contributed by atoms with Crippen LogP contribution in [0.15, 0.2) is 24.3 Å². The van der Waals surface area contributed by atoms with E-state index in [1.165, 1.54) is 6.92 Å². The minimum absolute atomic E-state index is 0.0124. The van der Waals surface area contributed by atoms with E-state index in [-0.39, 0.29) is 29.4 Å². The summed E-state index contributed by atoms with van der Waals surface area (Å²) in [6.45, 7) is 3.98. The van der Waals surface area contributed by atoms with Crippen molar-refractivity contribution in [2.45, 2.75) is 26.3 Å². The molecule has 6 nitrogen and oxygen atoms in total. The Morgan fingerprint density at radius 3 is 2.43 bits per heavy atom. The van der Waals surface area contributed by atoms with Crippen LogP contribution in [0.25, 0.3) is 0 Å². The molecule has 0 aromatic heterocycles. The van der Waals surface area contributed by atoms with Crippen LogP contribution >= 0.6 is 0 Å². The summed E-state index contributed by atoms with van der Waals surface area (Å²) in [7, 11) is -3.04. The molecule has 126 valence electrons. The second-order valence-corrected chi connectivity index (χ2v) is 8.12. The fourth-order valence-electron chi connectivity index (χ4n) is 2.72. The highest BCUT2D eigenvalue weighted by Crippen LogP contribution is 2.17. The van der Waals surface area contributed by atoms with Crippen molar-refractivity contribution in [2.24, 2.45) is 0 Å². The highest BCUT2D eigenvalue weighted by molar-refractivity contribution is 7.91. The van der Waals surface area contributed by atoms with Gasteiger partial charge < -0.3 is 10.2 Å². The Kier molecular flexibility index (Phi) is 5.41. The van der Waals surface area contributed by atoms with Gasteiger partial charge in [-0.1, -0.05) is 17.7 Å². The molecular weight excluding hydrogens is 316 g/mol. The molecule has 7 heteroatoms. The van der Waals surface area contributed by atoms with E-state index < -0.39 is 9.84 Å². The summed E-state index contributed by atoms with van der Waals surface area (Å²) in [5.74, 6) is -0.236. The maximum atomic E-state index is 12.0. The molecule has 0 bridgehead atoms. The van der Waals surface area contributed by atoms with Gasteiger partial charge in [-0.3, -0.25) is 9.59 Å². The summed E-state index contributed by atoms with van der Waals surface area (Å²) >= 11 is 0. The third-order valence-corrected chi connectivity index (χ3v) is 5.76. The van der Waals surface area contributed by atoms with Crippen LogP contribution < -0.4 is 5.32 Å². The molecule has 1 saturated heterocycles. The first kappa shape index (κ1) is 17.5. The summed E-state index contributed by atoms with van der Waals surface area (Å²) in [6.07, 6.45) is 0.466. The van der Waals surface area contributed by atoms with Crippen LogP contribution in [0.4, 0.5) is 0 Å². The molecule has 1 heterocycles. The van der Waals surface area contributed by atoms with Crippen LogP contribution in [0.1, 0.15) is 29.3 Å². The summed E-state index contributed by atoms with van der Waals surface area (Å²) in [4.78, 5) is 25.3. The fourth-order valence-corrected chi connectivity index (χ4v) is 4.45. The number of benzene rings is 1. The number of hydrogen-bond donors (Lipinski definition) is 1. The van der Waals surface area contributed by atoms with Crippen molar-refractivity contribution in [1.82, 2.24) is 10.2 Å². The van der Waals surface area contributed by atoms with Gasteiger partial charge >= 0.3 is 0 Å². The molecular formula is C16H22N2O4S. The Morgan fingerprint density at radius 2 is 1.91 bits per heavy atom. The number of sulfone groups is 1. The quantitative estimate of drug-likeness (QED) is 0.859. The molecule has 0 saturated carbocycles. The molecule has 1 N–H and O–H groups in total. The van der Waals surface area contributed by atoms with Crippen LogP contribution in [-0.2, 0) is 14.6 Å². The second-order valence-electron chi connectivity index (χ2n) is 5.89. The Morgan fingerprint density at radius 1 is 1.26 bits per heavy atom. The van der Waals surface area contributed by atoms with Crippen LogP contribution in [-0.4, -0.2) is 55.8 Å². The Hall–Kier alpha value is -1.89. The molecule has 1 atom stereocenters. The van der Waals surface area contributed by atoms with E-state index >= 15 is 0 Å². The molecule has 0 spiro atoms. The summed E-state index contributed by atoms with van der Waals surface area (Å²) in [5, 5.41) is 2.77. The van der Waals surface area contributed by atoms with E-state index in [1.54, 1.807) is 17.0 Å². The average Bonchev–Trinajstić information content (AvgIpc) is 2.83. The fraction of sp³-hybridized carbons (Fsp3) is 0.500. The highest BCUT2D eigenvalue weighted by atomic mass is 32.2. The van der Waals surface area contributed by atoms with Gasteiger partial charge in [0.2, 0.25) is 5.91 Å². The lowest BCUT2D eigenvalue weighted by Gasteiger charge is -2.27. The molecule has 1 aromatic rings. The molecule has 1 fully saturated rings. The SMILES string of the molecule is CC(=O)N(CCNC(=O)c1ccc(C)cc1)C1CCS(=O)(=O)C1. The zero-order valence-corrected chi connectivity index (χ0v) is 14.2. The van der Waals surface area contributed by atoms with Gasteiger partial charge in [-0.15, -0.1) is 0 Å². The number of carbonyl (C=O) groups is 2. The third kappa shape index (κ3) is 4.79. The first-order chi connectivity index (χ1) is 10.8. The van der Waals surface area contributed by atoms with Gasteiger partial charge in [-0.25, -0.2) is 8.42 Å². The van der Waals surface area contributed by atoms with Gasteiger partial charge in [0.1, 0.15) is 0 Å². The van der Waals surface area contributed by atoms with E-state index in [0.717, 1.165) is 5.56 Å².